The van der Waals surface area contributed by atoms with Crippen LogP contribution in [-0.2, 0) is 14.8 Å². The lowest BCUT2D eigenvalue weighted by atomic mass is 10.1. The maximum Gasteiger partial charge on any atom is 0.252 e. The lowest BCUT2D eigenvalue weighted by Gasteiger charge is -2.24. The van der Waals surface area contributed by atoms with Gasteiger partial charge >= 0.3 is 0 Å². The minimum Gasteiger partial charge on any atom is -0.298 e. The summed E-state index contributed by atoms with van der Waals surface area (Å²) < 4.78 is 25.9. The van der Waals surface area contributed by atoms with E-state index >= 15 is 0 Å². The van der Waals surface area contributed by atoms with Crippen molar-refractivity contribution in [3.63, 3.8) is 0 Å². The number of hydrogen-bond donors (Lipinski definition) is 0. The highest BCUT2D eigenvalue weighted by atomic mass is 32.2. The van der Waals surface area contributed by atoms with E-state index in [2.05, 4.69) is 0 Å². The van der Waals surface area contributed by atoms with E-state index in [-0.39, 0.29) is 12.3 Å². The molecule has 2 heterocycles. The SMILES string of the molecule is Cc1ccc(S(=O)(=O)N2CCCC(=O)C2)s1. The largest absolute Gasteiger partial charge is 0.298 e. The van der Waals surface area contributed by atoms with Gasteiger partial charge in [-0.3, -0.25) is 4.79 Å². The summed E-state index contributed by atoms with van der Waals surface area (Å²) in [6.45, 7) is 2.34. The van der Waals surface area contributed by atoms with Gasteiger partial charge in [0, 0.05) is 17.8 Å². The summed E-state index contributed by atoms with van der Waals surface area (Å²) >= 11 is 1.25. The van der Waals surface area contributed by atoms with E-state index in [4.69, 9.17) is 0 Å². The molecule has 1 aromatic heterocycles. The van der Waals surface area contributed by atoms with E-state index < -0.39 is 10.0 Å². The second kappa shape index (κ2) is 4.27. The number of Topliss-reactive ketones (excluding diaryl/α,β-unsaturated/α-hetero) is 1. The summed E-state index contributed by atoms with van der Waals surface area (Å²) in [6, 6.07) is 3.39. The van der Waals surface area contributed by atoms with E-state index in [9.17, 15) is 13.2 Å². The van der Waals surface area contributed by atoms with Crippen molar-refractivity contribution in [3.05, 3.63) is 17.0 Å². The Balaban J connectivity index is 2.28. The Morgan fingerprint density at radius 3 is 2.69 bits per heavy atom. The number of carbonyl (C=O) groups is 1. The Hall–Kier alpha value is -0.720. The van der Waals surface area contributed by atoms with Gasteiger partial charge in [0.1, 0.15) is 9.99 Å². The Bertz CT molecular complexity index is 504. The fourth-order valence-electron chi connectivity index (χ4n) is 1.69. The average Bonchev–Trinajstić information content (AvgIpc) is 2.65. The third-order valence-corrected chi connectivity index (χ3v) is 5.84. The summed E-state index contributed by atoms with van der Waals surface area (Å²) in [5, 5.41) is 0. The molecule has 0 bridgehead atoms. The number of sulfonamides is 1. The van der Waals surface area contributed by atoms with Gasteiger partial charge in [0.15, 0.2) is 0 Å². The van der Waals surface area contributed by atoms with Crippen molar-refractivity contribution >= 4 is 27.1 Å². The van der Waals surface area contributed by atoms with Crippen LogP contribution < -0.4 is 0 Å². The third kappa shape index (κ3) is 2.18. The molecule has 16 heavy (non-hydrogen) atoms. The fourth-order valence-corrected chi connectivity index (χ4v) is 4.59. The quantitative estimate of drug-likeness (QED) is 0.807. The van der Waals surface area contributed by atoms with E-state index in [1.54, 1.807) is 12.1 Å². The maximum absolute atomic E-state index is 12.1. The van der Waals surface area contributed by atoms with Crippen molar-refractivity contribution in [2.24, 2.45) is 0 Å². The molecule has 1 aromatic rings. The summed E-state index contributed by atoms with van der Waals surface area (Å²) in [7, 11) is -3.44. The highest BCUT2D eigenvalue weighted by Gasteiger charge is 2.29. The Labute approximate surface area is 98.9 Å². The van der Waals surface area contributed by atoms with E-state index in [1.165, 1.54) is 15.6 Å². The maximum atomic E-state index is 12.1. The molecular weight excluding hydrogens is 246 g/mol. The van der Waals surface area contributed by atoms with E-state index in [1.807, 2.05) is 6.92 Å². The molecule has 0 amide bonds. The molecule has 0 atom stereocenters. The normalized spacial score (nSPS) is 18.9. The van der Waals surface area contributed by atoms with Gasteiger partial charge in [-0.1, -0.05) is 0 Å². The van der Waals surface area contributed by atoms with E-state index in [0.717, 1.165) is 4.88 Å². The Morgan fingerprint density at radius 1 is 1.38 bits per heavy atom. The van der Waals surface area contributed by atoms with Crippen LogP contribution in [0.25, 0.3) is 0 Å². The van der Waals surface area contributed by atoms with Crippen molar-refractivity contribution in [2.45, 2.75) is 24.0 Å². The molecule has 0 radical (unpaired) electrons. The topological polar surface area (TPSA) is 54.5 Å². The van der Waals surface area contributed by atoms with Crippen LogP contribution >= 0.6 is 11.3 Å². The van der Waals surface area contributed by atoms with Crippen LogP contribution in [0.5, 0.6) is 0 Å². The Morgan fingerprint density at radius 2 is 2.12 bits per heavy atom. The first-order valence-corrected chi connectivity index (χ1v) is 7.34. The van der Waals surface area contributed by atoms with E-state index in [0.29, 0.717) is 23.6 Å². The first-order valence-electron chi connectivity index (χ1n) is 5.08. The predicted octanol–water partition coefficient (Wildman–Crippen LogP) is 1.41. The fraction of sp³-hybridized carbons (Fsp3) is 0.500. The molecule has 0 unspecified atom stereocenters. The predicted molar refractivity (Wildman–Crippen MR) is 62.1 cm³/mol. The number of piperidine rings is 1. The zero-order valence-electron chi connectivity index (χ0n) is 8.97. The highest BCUT2D eigenvalue weighted by molar-refractivity contribution is 7.91. The summed E-state index contributed by atoms with van der Waals surface area (Å²) in [5.74, 6) is 0.00287. The number of ketones is 1. The second-order valence-corrected chi connectivity index (χ2v) is 7.30. The standard InChI is InChI=1S/C10H13NO3S2/c1-8-4-5-10(15-8)16(13,14)11-6-2-3-9(12)7-11/h4-5H,2-3,6-7H2,1H3. The average molecular weight is 259 g/mol. The summed E-state index contributed by atoms with van der Waals surface area (Å²) in [4.78, 5) is 12.2. The zero-order chi connectivity index (χ0) is 11.8. The minimum atomic E-state index is -3.44. The van der Waals surface area contributed by atoms with Crippen LogP contribution in [0, 0.1) is 6.92 Å². The van der Waals surface area contributed by atoms with Crippen LogP contribution in [0.2, 0.25) is 0 Å². The molecule has 2 rings (SSSR count). The van der Waals surface area contributed by atoms with Crippen LogP contribution in [0.4, 0.5) is 0 Å². The number of rotatable bonds is 2. The molecule has 0 N–H and O–H groups in total. The monoisotopic (exact) mass is 259 g/mol. The van der Waals surface area contributed by atoms with Crippen LogP contribution in [0.15, 0.2) is 16.3 Å². The highest BCUT2D eigenvalue weighted by Crippen LogP contribution is 2.25. The molecule has 0 aliphatic carbocycles. The number of thiophene rings is 1. The summed E-state index contributed by atoms with van der Waals surface area (Å²) in [5.41, 5.74) is 0. The van der Waals surface area contributed by atoms with Gasteiger partial charge in [0.25, 0.3) is 10.0 Å². The van der Waals surface area contributed by atoms with Gasteiger partial charge in [0.05, 0.1) is 6.54 Å². The molecule has 1 saturated heterocycles. The van der Waals surface area contributed by atoms with Crippen LogP contribution in [0.1, 0.15) is 17.7 Å². The Kier molecular flexibility index (Phi) is 3.14. The van der Waals surface area contributed by atoms with Gasteiger partial charge in [-0.05, 0) is 25.5 Å². The van der Waals surface area contributed by atoms with Crippen LogP contribution in [-0.4, -0.2) is 31.6 Å². The van der Waals surface area contributed by atoms with Gasteiger partial charge < -0.3 is 0 Å². The molecule has 1 aliphatic heterocycles. The molecule has 0 spiro atoms. The molecule has 6 heteroatoms. The first-order chi connectivity index (χ1) is 7.50. The molecule has 0 aromatic carbocycles. The molecule has 1 fully saturated rings. The zero-order valence-corrected chi connectivity index (χ0v) is 10.6. The van der Waals surface area contributed by atoms with Crippen molar-refractivity contribution < 1.29 is 13.2 Å². The first kappa shape index (κ1) is 11.8. The smallest absolute Gasteiger partial charge is 0.252 e. The third-order valence-electron chi connectivity index (χ3n) is 2.53. The lowest BCUT2D eigenvalue weighted by molar-refractivity contribution is -0.120. The van der Waals surface area contributed by atoms with Crippen molar-refractivity contribution in [1.82, 2.24) is 4.31 Å². The summed E-state index contributed by atoms with van der Waals surface area (Å²) in [6.07, 6.45) is 1.12. The number of carbonyl (C=O) groups excluding carboxylic acids is 1. The van der Waals surface area contributed by atoms with Gasteiger partial charge in [-0.25, -0.2) is 8.42 Å². The van der Waals surface area contributed by atoms with Gasteiger partial charge in [-0.15, -0.1) is 11.3 Å². The van der Waals surface area contributed by atoms with Crippen molar-refractivity contribution in [2.75, 3.05) is 13.1 Å². The number of aryl methyl sites for hydroxylation is 1. The minimum absolute atomic E-state index is 0.00287. The van der Waals surface area contributed by atoms with Crippen molar-refractivity contribution in [1.29, 1.82) is 0 Å². The molecule has 88 valence electrons. The molecular formula is C10H13NO3S2. The number of hydrogen-bond acceptors (Lipinski definition) is 4. The van der Waals surface area contributed by atoms with Crippen LogP contribution in [0.3, 0.4) is 0 Å². The number of nitrogens with zero attached hydrogens (tertiary/aromatic N) is 1. The van der Waals surface area contributed by atoms with Gasteiger partial charge in [0.2, 0.25) is 0 Å². The van der Waals surface area contributed by atoms with Gasteiger partial charge in [-0.2, -0.15) is 4.31 Å². The lowest BCUT2D eigenvalue weighted by Crippen LogP contribution is -2.39. The van der Waals surface area contributed by atoms with Crippen molar-refractivity contribution in [3.8, 4) is 0 Å². The second-order valence-electron chi connectivity index (χ2n) is 3.85. The molecule has 0 saturated carbocycles. The molecule has 1 aliphatic rings. The molecule has 4 nitrogen and oxygen atoms in total.